The average Bonchev–Trinajstić information content (AvgIpc) is 3.02. The van der Waals surface area contributed by atoms with Crippen molar-refractivity contribution in [1.29, 1.82) is 0 Å². The third-order valence-electron chi connectivity index (χ3n) is 8.60. The highest BCUT2D eigenvalue weighted by atomic mass is 16.1. The lowest BCUT2D eigenvalue weighted by Crippen LogP contribution is -2.59. The summed E-state index contributed by atoms with van der Waals surface area (Å²) < 4.78 is 0. The predicted octanol–water partition coefficient (Wildman–Crippen LogP) is 3.55. The van der Waals surface area contributed by atoms with Crippen molar-refractivity contribution in [2.24, 2.45) is 11.8 Å². The number of ketones is 2. The summed E-state index contributed by atoms with van der Waals surface area (Å²) in [6.07, 6.45) is 11.5. The molecular formula is C32H46N6O2. The Balaban J connectivity index is 0.000000155. The summed E-state index contributed by atoms with van der Waals surface area (Å²) in [5.41, 5.74) is 3.31. The van der Waals surface area contributed by atoms with E-state index in [0.29, 0.717) is 17.6 Å². The zero-order valence-electron chi connectivity index (χ0n) is 24.3. The Hall–Kier alpha value is -2.94. The molecule has 1 atom stereocenters. The normalized spacial score (nSPS) is 23.5. The summed E-state index contributed by atoms with van der Waals surface area (Å²) in [4.78, 5) is 38.5. The van der Waals surface area contributed by atoms with Crippen LogP contribution in [0.2, 0.25) is 0 Å². The molecule has 40 heavy (non-hydrogen) atoms. The molecule has 6 aliphatic rings. The van der Waals surface area contributed by atoms with Crippen LogP contribution in [-0.2, 0) is 22.7 Å². The molecule has 8 heteroatoms. The Morgan fingerprint density at radius 3 is 1.93 bits per heavy atom. The molecule has 4 bridgehead atoms. The van der Waals surface area contributed by atoms with Crippen LogP contribution < -0.4 is 5.32 Å². The van der Waals surface area contributed by atoms with Gasteiger partial charge in [0.2, 0.25) is 0 Å². The number of hydrogen-bond acceptors (Lipinski definition) is 8. The fraction of sp³-hybridized carbons (Fsp3) is 0.562. The summed E-state index contributed by atoms with van der Waals surface area (Å²) in [5.74, 6) is 1.43. The van der Waals surface area contributed by atoms with Crippen LogP contribution in [0.25, 0.3) is 0 Å². The van der Waals surface area contributed by atoms with Crippen LogP contribution in [-0.4, -0.2) is 88.1 Å². The quantitative estimate of drug-likeness (QED) is 0.504. The molecule has 8 rings (SSSR count). The van der Waals surface area contributed by atoms with Crippen molar-refractivity contribution in [3.8, 4) is 0 Å². The second-order valence-corrected chi connectivity index (χ2v) is 11.1. The molecular weight excluding hydrogens is 500 g/mol. The Morgan fingerprint density at radius 2 is 1.45 bits per heavy atom. The molecule has 0 aliphatic carbocycles. The molecule has 0 amide bonds. The van der Waals surface area contributed by atoms with E-state index in [1.165, 1.54) is 11.1 Å². The molecule has 1 N–H and O–H groups in total. The Morgan fingerprint density at radius 1 is 0.875 bits per heavy atom. The number of Topliss-reactive ketones (excluding diaryl/α,β-unsaturated/α-hetero) is 2. The van der Waals surface area contributed by atoms with Gasteiger partial charge in [0.25, 0.3) is 0 Å². The van der Waals surface area contributed by atoms with Crippen LogP contribution in [0, 0.1) is 11.8 Å². The number of rotatable bonds is 8. The van der Waals surface area contributed by atoms with Gasteiger partial charge in [-0.25, -0.2) is 0 Å². The average molecular weight is 547 g/mol. The molecule has 6 saturated heterocycles. The fourth-order valence-electron chi connectivity index (χ4n) is 6.02. The number of fused-ring (bicyclic) bond motifs is 6. The van der Waals surface area contributed by atoms with Gasteiger partial charge in [0.1, 0.15) is 0 Å². The lowest BCUT2D eigenvalue weighted by Gasteiger charge is -2.45. The maximum atomic E-state index is 12.4. The highest BCUT2D eigenvalue weighted by Gasteiger charge is 2.41. The Kier molecular flexibility index (Phi) is 11.4. The summed E-state index contributed by atoms with van der Waals surface area (Å²) in [5, 5.41) is 3.24. The van der Waals surface area contributed by atoms with Crippen LogP contribution in [0.15, 0.2) is 61.3 Å². The van der Waals surface area contributed by atoms with E-state index in [1.54, 1.807) is 0 Å². The van der Waals surface area contributed by atoms with Crippen molar-refractivity contribution in [2.45, 2.75) is 58.7 Å². The zero-order valence-corrected chi connectivity index (χ0v) is 24.3. The van der Waals surface area contributed by atoms with Crippen LogP contribution in [0.4, 0.5) is 0 Å². The number of aromatic nitrogens is 2. The number of pyridine rings is 2. The number of nitrogens with one attached hydrogen (secondary N) is 1. The molecule has 8 heterocycles. The number of piperidine rings is 6. The number of allylic oxidation sites excluding steroid dienone is 1. The van der Waals surface area contributed by atoms with Crippen molar-refractivity contribution >= 4 is 11.6 Å². The SMILES string of the molecule is C=C1C(=O)C2CCN1CC2.CCN(Cc1ccncc1)CC1C(=O)C2CCN1CC2.CCNCc1ccncc1. The van der Waals surface area contributed by atoms with Gasteiger partial charge in [-0.2, -0.15) is 0 Å². The van der Waals surface area contributed by atoms with Crippen molar-refractivity contribution in [3.05, 3.63) is 72.5 Å². The van der Waals surface area contributed by atoms with Crippen LogP contribution in [0.3, 0.4) is 0 Å². The highest BCUT2D eigenvalue weighted by Crippen LogP contribution is 2.30. The van der Waals surface area contributed by atoms with E-state index in [1.807, 2.05) is 36.9 Å². The van der Waals surface area contributed by atoms with E-state index in [-0.39, 0.29) is 11.8 Å². The van der Waals surface area contributed by atoms with Crippen LogP contribution in [0.1, 0.15) is 50.7 Å². The molecule has 0 saturated carbocycles. The first-order chi connectivity index (χ1) is 19.5. The minimum atomic E-state index is 0.129. The molecule has 0 aromatic carbocycles. The van der Waals surface area contributed by atoms with Crippen molar-refractivity contribution in [2.75, 3.05) is 45.8 Å². The molecule has 1 unspecified atom stereocenters. The van der Waals surface area contributed by atoms with Gasteiger partial charge < -0.3 is 10.2 Å². The molecule has 8 nitrogen and oxygen atoms in total. The van der Waals surface area contributed by atoms with Gasteiger partial charge in [0.05, 0.1) is 11.7 Å². The van der Waals surface area contributed by atoms with E-state index >= 15 is 0 Å². The maximum absolute atomic E-state index is 12.4. The molecule has 2 aromatic rings. The number of carbonyl (C=O) groups excluding carboxylic acids is 2. The third-order valence-corrected chi connectivity index (χ3v) is 8.60. The smallest absolute Gasteiger partial charge is 0.181 e. The predicted molar refractivity (Wildman–Crippen MR) is 158 cm³/mol. The highest BCUT2D eigenvalue weighted by molar-refractivity contribution is 5.97. The van der Waals surface area contributed by atoms with Gasteiger partial charge in [-0.1, -0.05) is 20.4 Å². The lowest BCUT2D eigenvalue weighted by molar-refractivity contribution is -0.138. The van der Waals surface area contributed by atoms with Gasteiger partial charge in [-0.05, 0) is 87.3 Å². The van der Waals surface area contributed by atoms with Crippen LogP contribution in [0.5, 0.6) is 0 Å². The number of hydrogen-bond donors (Lipinski definition) is 1. The van der Waals surface area contributed by atoms with Crippen molar-refractivity contribution < 1.29 is 9.59 Å². The van der Waals surface area contributed by atoms with E-state index < -0.39 is 0 Å². The first kappa shape index (κ1) is 30.0. The molecule has 6 fully saturated rings. The lowest BCUT2D eigenvalue weighted by atomic mass is 9.82. The van der Waals surface area contributed by atoms with Gasteiger partial charge in [0.15, 0.2) is 11.6 Å². The van der Waals surface area contributed by atoms with Gasteiger partial charge >= 0.3 is 0 Å². The number of nitrogens with zero attached hydrogens (tertiary/aromatic N) is 5. The van der Waals surface area contributed by atoms with Gasteiger partial charge in [-0.3, -0.25) is 29.4 Å². The molecule has 2 aromatic heterocycles. The Labute approximate surface area is 239 Å². The van der Waals surface area contributed by atoms with E-state index in [4.69, 9.17) is 0 Å². The first-order valence-electron chi connectivity index (χ1n) is 15.0. The van der Waals surface area contributed by atoms with Gasteiger partial charge in [-0.15, -0.1) is 0 Å². The van der Waals surface area contributed by atoms with E-state index in [2.05, 4.69) is 62.5 Å². The third kappa shape index (κ3) is 8.05. The standard InChI is InChI=1S/C16H23N3O.C8H12N2.C8H11NO/c1-2-18(11-13-3-7-17-8-4-13)12-15-16(20)14-5-9-19(15)10-6-14;1-2-9-7-8-3-5-10-6-4-8;1-6-8(10)7-2-4-9(6)5-3-7/h3-4,7-8,14-15H,2,5-6,9-12H2,1H3;3-6,9H,2,7H2,1H3;7H,1-5H2. The minimum Gasteiger partial charge on any atom is -0.369 e. The molecule has 0 spiro atoms. The minimum absolute atomic E-state index is 0.129. The molecule has 216 valence electrons. The first-order valence-corrected chi connectivity index (χ1v) is 15.0. The summed E-state index contributed by atoms with van der Waals surface area (Å²) in [6, 6.07) is 8.27. The van der Waals surface area contributed by atoms with Gasteiger partial charge in [0, 0.05) is 69.3 Å². The topological polar surface area (TPSA) is 81.7 Å². The van der Waals surface area contributed by atoms with Crippen LogP contribution >= 0.6 is 0 Å². The van der Waals surface area contributed by atoms with E-state index in [9.17, 15) is 9.59 Å². The summed E-state index contributed by atoms with van der Waals surface area (Å²) >= 11 is 0. The van der Waals surface area contributed by atoms with Crippen molar-refractivity contribution in [1.82, 2.24) is 30.0 Å². The van der Waals surface area contributed by atoms with Crippen molar-refractivity contribution in [3.63, 3.8) is 0 Å². The largest absolute Gasteiger partial charge is 0.369 e. The number of carbonyl (C=O) groups is 2. The monoisotopic (exact) mass is 546 g/mol. The molecule has 6 aliphatic heterocycles. The maximum Gasteiger partial charge on any atom is 0.181 e. The second-order valence-electron chi connectivity index (χ2n) is 11.1. The zero-order chi connectivity index (χ0) is 28.3. The van der Waals surface area contributed by atoms with E-state index in [0.717, 1.165) is 90.3 Å². The molecule has 0 radical (unpaired) electrons. The fourth-order valence-corrected chi connectivity index (χ4v) is 6.02. The number of likely N-dealkylation sites (N-methyl/N-ethyl adjacent to an activating group) is 1. The summed E-state index contributed by atoms with van der Waals surface area (Å²) in [6.45, 7) is 17.0. The Bertz CT molecular complexity index is 1060. The second kappa shape index (κ2) is 15.2. The summed E-state index contributed by atoms with van der Waals surface area (Å²) in [7, 11) is 0.